The highest BCUT2D eigenvalue weighted by atomic mass is 127. The van der Waals surface area contributed by atoms with Crippen LogP contribution < -0.4 is 4.74 Å². The lowest BCUT2D eigenvalue weighted by Crippen LogP contribution is -2.06. The molecule has 0 radical (unpaired) electrons. The van der Waals surface area contributed by atoms with Crippen LogP contribution >= 0.6 is 68.4 Å². The molecule has 0 saturated carbocycles. The van der Waals surface area contributed by atoms with E-state index in [0.29, 0.717) is 22.2 Å². The van der Waals surface area contributed by atoms with E-state index in [4.69, 9.17) is 32.7 Å². The van der Waals surface area contributed by atoms with Crippen LogP contribution in [-0.2, 0) is 9.53 Å². The van der Waals surface area contributed by atoms with E-state index in [1.807, 2.05) is 12.1 Å². The lowest BCUT2D eigenvalue weighted by molar-refractivity contribution is -0.129. The van der Waals surface area contributed by atoms with Gasteiger partial charge < -0.3 is 9.47 Å². The van der Waals surface area contributed by atoms with Crippen molar-refractivity contribution in [1.82, 2.24) is 0 Å². The van der Waals surface area contributed by atoms with E-state index in [9.17, 15) is 4.79 Å². The van der Waals surface area contributed by atoms with Crippen LogP contribution in [-0.4, -0.2) is 18.5 Å². The van der Waals surface area contributed by atoms with E-state index in [1.165, 1.54) is 0 Å². The van der Waals surface area contributed by atoms with Gasteiger partial charge in [0.05, 0.1) is 24.3 Å². The Bertz CT molecular complexity index is 950. The molecule has 0 N–H and O–H groups in total. The lowest BCUT2D eigenvalue weighted by Gasteiger charge is -2.10. The second-order valence-electron chi connectivity index (χ2n) is 5.62. The first-order valence-electron chi connectivity index (χ1n) is 7.99. The van der Waals surface area contributed by atoms with E-state index in [1.54, 1.807) is 24.3 Å². The summed E-state index contributed by atoms with van der Waals surface area (Å²) in [4.78, 5) is 16.5. The molecule has 27 heavy (non-hydrogen) atoms. The summed E-state index contributed by atoms with van der Waals surface area (Å²) >= 11 is 16.5. The van der Waals surface area contributed by atoms with Crippen molar-refractivity contribution in [3.8, 4) is 5.75 Å². The number of aliphatic imine (C=N–C) groups is 1. The van der Waals surface area contributed by atoms with Gasteiger partial charge in [-0.05, 0) is 93.6 Å². The number of cyclic esters (lactones) is 1. The molecule has 1 aliphatic heterocycles. The third-order valence-corrected chi connectivity index (χ3v) is 5.71. The maximum absolute atomic E-state index is 12.2. The second kappa shape index (κ2) is 9.11. The van der Waals surface area contributed by atoms with Crippen LogP contribution in [0.1, 0.15) is 24.5 Å². The first-order valence-corrected chi connectivity index (χ1v) is 10.9. The number of ether oxygens (including phenoxy) is 2. The Labute approximate surface area is 194 Å². The maximum atomic E-state index is 12.2. The van der Waals surface area contributed by atoms with Gasteiger partial charge in [-0.15, -0.1) is 0 Å². The summed E-state index contributed by atoms with van der Waals surface area (Å²) < 4.78 is 13.0. The molecule has 0 aliphatic carbocycles. The highest BCUT2D eigenvalue weighted by Crippen LogP contribution is 2.31. The van der Waals surface area contributed by atoms with E-state index in [0.717, 1.165) is 24.9 Å². The zero-order valence-electron chi connectivity index (χ0n) is 14.1. The molecule has 0 bridgehead atoms. The Hall–Kier alpha value is -0.840. The molecule has 0 amide bonds. The first kappa shape index (κ1) is 20.9. The third kappa shape index (κ3) is 4.96. The van der Waals surface area contributed by atoms with Gasteiger partial charge in [0.2, 0.25) is 5.90 Å². The maximum Gasteiger partial charge on any atom is 0.363 e. The van der Waals surface area contributed by atoms with Crippen molar-refractivity contribution in [3.05, 3.63) is 64.3 Å². The second-order valence-corrected chi connectivity index (χ2v) is 8.79. The molecule has 140 valence electrons. The summed E-state index contributed by atoms with van der Waals surface area (Å²) in [5, 5.41) is 0.871. The van der Waals surface area contributed by atoms with Crippen LogP contribution in [0.5, 0.6) is 5.75 Å². The van der Waals surface area contributed by atoms with Crippen molar-refractivity contribution in [3.63, 3.8) is 0 Å². The van der Waals surface area contributed by atoms with Crippen molar-refractivity contribution in [2.45, 2.75) is 13.3 Å². The average Bonchev–Trinajstić information content (AvgIpc) is 2.94. The molecule has 0 spiro atoms. The molecule has 0 aromatic heterocycles. The summed E-state index contributed by atoms with van der Waals surface area (Å²) in [6, 6.07) is 8.80. The standard InChI is InChI=1S/C19H13Cl2I2NO3/c1-2-5-26-17-14(22)6-10(7-15(17)23)8-16-19(25)27-18(24-16)12-4-3-11(20)9-13(12)21/h3-4,6-9H,2,5H2,1H3/b16-8-. The van der Waals surface area contributed by atoms with Gasteiger partial charge in [-0.2, -0.15) is 0 Å². The molecule has 2 aromatic rings. The van der Waals surface area contributed by atoms with Crippen LogP contribution in [0.25, 0.3) is 6.08 Å². The molecule has 0 fully saturated rings. The summed E-state index contributed by atoms with van der Waals surface area (Å²) in [7, 11) is 0. The minimum Gasteiger partial charge on any atom is -0.491 e. The summed E-state index contributed by atoms with van der Waals surface area (Å²) in [5.41, 5.74) is 1.57. The molecular weight excluding hydrogens is 615 g/mol. The quantitative estimate of drug-likeness (QED) is 0.221. The summed E-state index contributed by atoms with van der Waals surface area (Å²) in [6.45, 7) is 2.72. The van der Waals surface area contributed by atoms with Crippen molar-refractivity contribution in [2.75, 3.05) is 6.61 Å². The zero-order valence-corrected chi connectivity index (χ0v) is 19.9. The van der Waals surface area contributed by atoms with Gasteiger partial charge in [0.1, 0.15) is 5.75 Å². The fraction of sp³-hybridized carbons (Fsp3) is 0.158. The zero-order chi connectivity index (χ0) is 19.6. The largest absolute Gasteiger partial charge is 0.491 e. The molecule has 1 heterocycles. The molecule has 2 aromatic carbocycles. The minimum absolute atomic E-state index is 0.167. The molecule has 1 aliphatic rings. The molecule has 3 rings (SSSR count). The number of halogens is 4. The number of carbonyl (C=O) groups excluding carboxylic acids is 1. The predicted molar refractivity (Wildman–Crippen MR) is 125 cm³/mol. The summed E-state index contributed by atoms with van der Waals surface area (Å²) in [5.74, 6) is 0.499. The number of hydrogen-bond donors (Lipinski definition) is 0. The fourth-order valence-electron chi connectivity index (χ4n) is 2.35. The van der Waals surface area contributed by atoms with E-state index in [-0.39, 0.29) is 11.6 Å². The highest BCUT2D eigenvalue weighted by molar-refractivity contribution is 14.1. The predicted octanol–water partition coefficient (Wildman–Crippen LogP) is 6.34. The SMILES string of the molecule is CCCOc1c(I)cc(/C=C2\N=C(c3ccc(Cl)cc3Cl)OC2=O)cc1I. The first-order chi connectivity index (χ1) is 12.9. The van der Waals surface area contributed by atoms with Crippen LogP contribution in [0, 0.1) is 7.14 Å². The molecular formula is C19H13Cl2I2NO3. The topological polar surface area (TPSA) is 47.9 Å². The highest BCUT2D eigenvalue weighted by Gasteiger charge is 2.26. The van der Waals surface area contributed by atoms with Gasteiger partial charge in [0.15, 0.2) is 5.70 Å². The van der Waals surface area contributed by atoms with Gasteiger partial charge in [0.25, 0.3) is 0 Å². The van der Waals surface area contributed by atoms with Crippen LogP contribution in [0.2, 0.25) is 10.0 Å². The smallest absolute Gasteiger partial charge is 0.363 e. The van der Waals surface area contributed by atoms with Crippen LogP contribution in [0.4, 0.5) is 0 Å². The monoisotopic (exact) mass is 627 g/mol. The van der Waals surface area contributed by atoms with E-state index in [2.05, 4.69) is 57.1 Å². The average molecular weight is 628 g/mol. The molecule has 0 atom stereocenters. The Balaban J connectivity index is 1.93. The Morgan fingerprint density at radius 2 is 1.89 bits per heavy atom. The normalized spacial score (nSPS) is 15.1. The Morgan fingerprint density at radius 3 is 2.52 bits per heavy atom. The van der Waals surface area contributed by atoms with Crippen molar-refractivity contribution < 1.29 is 14.3 Å². The number of nitrogens with zero attached hydrogens (tertiary/aromatic N) is 1. The van der Waals surface area contributed by atoms with Gasteiger partial charge in [-0.3, -0.25) is 0 Å². The van der Waals surface area contributed by atoms with Gasteiger partial charge in [0, 0.05) is 5.02 Å². The van der Waals surface area contributed by atoms with Crippen LogP contribution in [0.3, 0.4) is 0 Å². The van der Waals surface area contributed by atoms with Crippen molar-refractivity contribution >= 4 is 86.3 Å². The third-order valence-electron chi connectivity index (χ3n) is 3.56. The van der Waals surface area contributed by atoms with Gasteiger partial charge in [-0.1, -0.05) is 30.1 Å². The van der Waals surface area contributed by atoms with E-state index < -0.39 is 5.97 Å². The number of carbonyl (C=O) groups is 1. The number of esters is 1. The minimum atomic E-state index is -0.521. The van der Waals surface area contributed by atoms with Crippen molar-refractivity contribution in [1.29, 1.82) is 0 Å². The number of rotatable bonds is 5. The van der Waals surface area contributed by atoms with E-state index >= 15 is 0 Å². The number of hydrogen-bond acceptors (Lipinski definition) is 4. The molecule has 0 saturated heterocycles. The number of benzene rings is 2. The van der Waals surface area contributed by atoms with Gasteiger partial charge in [-0.25, -0.2) is 9.79 Å². The Morgan fingerprint density at radius 1 is 1.19 bits per heavy atom. The van der Waals surface area contributed by atoms with Crippen LogP contribution in [0.15, 0.2) is 41.0 Å². The molecule has 0 unspecified atom stereocenters. The fourth-order valence-corrected chi connectivity index (χ4v) is 4.97. The Kier molecular flexibility index (Phi) is 7.04. The summed E-state index contributed by atoms with van der Waals surface area (Å²) in [6.07, 6.45) is 2.63. The lowest BCUT2D eigenvalue weighted by atomic mass is 10.2. The molecule has 8 heteroatoms. The molecule has 4 nitrogen and oxygen atoms in total. The van der Waals surface area contributed by atoms with Gasteiger partial charge >= 0.3 is 5.97 Å². The van der Waals surface area contributed by atoms with Crippen molar-refractivity contribution in [2.24, 2.45) is 4.99 Å².